The topological polar surface area (TPSA) is 102 Å². The Labute approximate surface area is 191 Å². The zero-order valence-electron chi connectivity index (χ0n) is 18.6. The Kier molecular flexibility index (Phi) is 8.03. The SMILES string of the molecule is Cc1cc(CNC(=O)Nc2cnc(OCC(C)F)c(Cl)c2)nnc1N1CC(C)OC(C)C1. The van der Waals surface area contributed by atoms with Crippen LogP contribution in [-0.2, 0) is 11.3 Å². The number of hydrogen-bond donors (Lipinski definition) is 2. The van der Waals surface area contributed by atoms with Gasteiger partial charge in [-0.05, 0) is 45.4 Å². The van der Waals surface area contributed by atoms with Crippen LogP contribution in [-0.4, -0.2) is 59.3 Å². The Balaban J connectivity index is 1.53. The number of carbonyl (C=O) groups is 1. The first-order chi connectivity index (χ1) is 15.2. The summed E-state index contributed by atoms with van der Waals surface area (Å²) in [5, 5.41) is 14.1. The van der Waals surface area contributed by atoms with Crippen molar-refractivity contribution in [2.75, 3.05) is 29.9 Å². The summed E-state index contributed by atoms with van der Waals surface area (Å²) in [7, 11) is 0. The van der Waals surface area contributed by atoms with Crippen molar-refractivity contribution in [3.8, 4) is 5.88 Å². The molecule has 2 aromatic heterocycles. The van der Waals surface area contributed by atoms with Crippen LogP contribution < -0.4 is 20.3 Å². The van der Waals surface area contributed by atoms with Gasteiger partial charge in [-0.3, -0.25) is 0 Å². The Morgan fingerprint density at radius 2 is 2.06 bits per heavy atom. The molecule has 2 aromatic rings. The third-order valence-electron chi connectivity index (χ3n) is 4.67. The number of aromatic nitrogens is 3. The van der Waals surface area contributed by atoms with Crippen LogP contribution in [0.4, 0.5) is 20.7 Å². The second-order valence-corrected chi connectivity index (χ2v) is 8.32. The van der Waals surface area contributed by atoms with E-state index in [9.17, 15) is 9.18 Å². The highest BCUT2D eigenvalue weighted by Crippen LogP contribution is 2.25. The Bertz CT molecular complexity index is 938. The van der Waals surface area contributed by atoms with E-state index < -0.39 is 12.2 Å². The molecule has 3 heterocycles. The third kappa shape index (κ3) is 6.64. The summed E-state index contributed by atoms with van der Waals surface area (Å²) in [6.07, 6.45) is 0.493. The summed E-state index contributed by atoms with van der Waals surface area (Å²) >= 11 is 6.07. The van der Waals surface area contributed by atoms with Crippen LogP contribution in [0.3, 0.4) is 0 Å². The Hall–Kier alpha value is -2.72. The second-order valence-electron chi connectivity index (χ2n) is 7.92. The van der Waals surface area contributed by atoms with Crippen molar-refractivity contribution in [2.24, 2.45) is 0 Å². The maximum absolute atomic E-state index is 12.9. The van der Waals surface area contributed by atoms with Crippen LogP contribution in [0.2, 0.25) is 5.02 Å². The predicted octanol–water partition coefficient (Wildman–Crippen LogP) is 3.51. The molecule has 174 valence electrons. The monoisotopic (exact) mass is 466 g/mol. The number of anilines is 2. The third-order valence-corrected chi connectivity index (χ3v) is 4.94. The van der Waals surface area contributed by atoms with Gasteiger partial charge in [-0.1, -0.05) is 11.6 Å². The van der Waals surface area contributed by atoms with Crippen molar-refractivity contribution in [1.82, 2.24) is 20.5 Å². The zero-order chi connectivity index (χ0) is 23.3. The van der Waals surface area contributed by atoms with Crippen LogP contribution in [0, 0.1) is 6.92 Å². The summed E-state index contributed by atoms with van der Waals surface area (Å²) in [4.78, 5) is 18.4. The van der Waals surface area contributed by atoms with E-state index in [1.807, 2.05) is 26.8 Å². The average Bonchev–Trinajstić information content (AvgIpc) is 2.71. The number of carbonyl (C=O) groups excluding carboxylic acids is 1. The molecule has 1 aliphatic heterocycles. The van der Waals surface area contributed by atoms with E-state index in [-0.39, 0.29) is 36.3 Å². The van der Waals surface area contributed by atoms with Crippen LogP contribution in [0.25, 0.3) is 0 Å². The van der Waals surface area contributed by atoms with Crippen LogP contribution in [0.1, 0.15) is 32.0 Å². The summed E-state index contributed by atoms with van der Waals surface area (Å²) in [6.45, 7) is 8.98. The minimum absolute atomic E-state index is 0.108. The highest BCUT2D eigenvalue weighted by atomic mass is 35.5. The minimum Gasteiger partial charge on any atom is -0.474 e. The van der Waals surface area contributed by atoms with Crippen LogP contribution in [0.15, 0.2) is 18.3 Å². The standard InChI is InChI=1S/C21H28ClFN6O3/c1-12-5-17(27-28-19(12)29-9-14(3)32-15(4)10-29)8-25-21(30)26-16-6-18(22)20(24-7-16)31-11-13(2)23/h5-7,13-15H,8-11H2,1-4H3,(H2,25,26,30). The molecule has 0 spiro atoms. The molecular formula is C21H28ClFN6O3. The molecule has 0 saturated carbocycles. The zero-order valence-corrected chi connectivity index (χ0v) is 19.3. The van der Waals surface area contributed by atoms with Gasteiger partial charge in [0, 0.05) is 13.1 Å². The van der Waals surface area contributed by atoms with Gasteiger partial charge in [0.05, 0.1) is 36.3 Å². The lowest BCUT2D eigenvalue weighted by atomic mass is 10.2. The van der Waals surface area contributed by atoms with Crippen molar-refractivity contribution in [2.45, 2.75) is 52.6 Å². The van der Waals surface area contributed by atoms with E-state index in [4.69, 9.17) is 21.1 Å². The molecule has 9 nitrogen and oxygen atoms in total. The fourth-order valence-electron chi connectivity index (χ4n) is 3.42. The van der Waals surface area contributed by atoms with E-state index >= 15 is 0 Å². The molecule has 0 bridgehead atoms. The van der Waals surface area contributed by atoms with Gasteiger partial charge in [0.15, 0.2) is 5.82 Å². The molecule has 2 amide bonds. The molecule has 3 rings (SSSR count). The highest BCUT2D eigenvalue weighted by molar-refractivity contribution is 6.32. The molecule has 0 aliphatic carbocycles. The van der Waals surface area contributed by atoms with Gasteiger partial charge < -0.3 is 25.0 Å². The first-order valence-electron chi connectivity index (χ1n) is 10.4. The van der Waals surface area contributed by atoms with E-state index in [0.29, 0.717) is 11.4 Å². The normalized spacial score (nSPS) is 19.4. The number of pyridine rings is 1. The molecule has 1 aliphatic rings. The predicted molar refractivity (Wildman–Crippen MR) is 120 cm³/mol. The van der Waals surface area contributed by atoms with Gasteiger partial charge in [-0.25, -0.2) is 14.2 Å². The summed E-state index contributed by atoms with van der Waals surface area (Å²) in [6, 6.07) is 2.94. The van der Waals surface area contributed by atoms with E-state index in [0.717, 1.165) is 24.5 Å². The van der Waals surface area contributed by atoms with Gasteiger partial charge in [0.1, 0.15) is 17.8 Å². The van der Waals surface area contributed by atoms with Crippen molar-refractivity contribution in [1.29, 1.82) is 0 Å². The summed E-state index contributed by atoms with van der Waals surface area (Å²) in [5.74, 6) is 0.933. The van der Waals surface area contributed by atoms with Crippen molar-refractivity contribution in [3.05, 3.63) is 34.6 Å². The highest BCUT2D eigenvalue weighted by Gasteiger charge is 2.24. The number of urea groups is 1. The van der Waals surface area contributed by atoms with Crippen LogP contribution in [0.5, 0.6) is 5.88 Å². The number of halogens is 2. The lowest BCUT2D eigenvalue weighted by molar-refractivity contribution is -0.00554. The number of amides is 2. The first kappa shape index (κ1) is 23.9. The number of alkyl halides is 1. The summed E-state index contributed by atoms with van der Waals surface area (Å²) < 4.78 is 23.8. The van der Waals surface area contributed by atoms with E-state index in [2.05, 4.69) is 30.7 Å². The molecule has 0 radical (unpaired) electrons. The van der Waals surface area contributed by atoms with Crippen LogP contribution >= 0.6 is 11.6 Å². The maximum atomic E-state index is 12.9. The maximum Gasteiger partial charge on any atom is 0.319 e. The van der Waals surface area contributed by atoms with E-state index in [1.54, 1.807) is 0 Å². The molecule has 2 N–H and O–H groups in total. The minimum atomic E-state index is -1.14. The number of aryl methyl sites for hydroxylation is 1. The average molecular weight is 467 g/mol. The molecule has 32 heavy (non-hydrogen) atoms. The largest absolute Gasteiger partial charge is 0.474 e. The number of rotatable bonds is 7. The smallest absolute Gasteiger partial charge is 0.319 e. The number of nitrogens with one attached hydrogen (secondary N) is 2. The molecule has 1 fully saturated rings. The summed E-state index contributed by atoms with van der Waals surface area (Å²) in [5.41, 5.74) is 1.99. The van der Waals surface area contributed by atoms with Gasteiger partial charge in [0.25, 0.3) is 0 Å². The number of hydrogen-bond acceptors (Lipinski definition) is 7. The van der Waals surface area contributed by atoms with Crippen molar-refractivity contribution in [3.63, 3.8) is 0 Å². The lowest BCUT2D eigenvalue weighted by Gasteiger charge is -2.36. The molecule has 11 heteroatoms. The fraction of sp³-hybridized carbons (Fsp3) is 0.524. The van der Waals surface area contributed by atoms with Crippen molar-refractivity contribution < 1.29 is 18.7 Å². The fourth-order valence-corrected chi connectivity index (χ4v) is 3.64. The Morgan fingerprint density at radius 1 is 1.34 bits per heavy atom. The number of morpholine rings is 1. The molecular weight excluding hydrogens is 439 g/mol. The second kappa shape index (κ2) is 10.7. The van der Waals surface area contributed by atoms with Crippen molar-refractivity contribution >= 4 is 29.1 Å². The Morgan fingerprint density at radius 3 is 2.69 bits per heavy atom. The molecule has 1 saturated heterocycles. The van der Waals surface area contributed by atoms with Gasteiger partial charge in [-0.15, -0.1) is 5.10 Å². The van der Waals surface area contributed by atoms with Gasteiger partial charge in [-0.2, -0.15) is 5.10 Å². The first-order valence-corrected chi connectivity index (χ1v) is 10.8. The quantitative estimate of drug-likeness (QED) is 0.643. The van der Waals surface area contributed by atoms with Gasteiger partial charge >= 0.3 is 6.03 Å². The molecule has 3 unspecified atom stereocenters. The molecule has 0 aromatic carbocycles. The number of ether oxygens (including phenoxy) is 2. The van der Waals surface area contributed by atoms with Gasteiger partial charge in [0.2, 0.25) is 5.88 Å². The number of nitrogens with zero attached hydrogens (tertiary/aromatic N) is 4. The molecule has 3 atom stereocenters. The lowest BCUT2D eigenvalue weighted by Crippen LogP contribution is -2.46. The van der Waals surface area contributed by atoms with E-state index in [1.165, 1.54) is 19.2 Å².